The molecule has 40 heavy (non-hydrogen) atoms. The summed E-state index contributed by atoms with van der Waals surface area (Å²) in [6, 6.07) is 14.8. The lowest BCUT2D eigenvalue weighted by atomic mass is 10.0. The van der Waals surface area contributed by atoms with E-state index in [2.05, 4.69) is 20.4 Å². The van der Waals surface area contributed by atoms with Crippen LogP contribution in [0.25, 0.3) is 0 Å². The SMILES string of the molecule is CS(=O)(=O)N1CCCc2ccc(NC(=O)C(=O)NCC(c3ccco3)N3CCN(c4ccc(F)cc4)CC3)cc21. The zero-order valence-corrected chi connectivity index (χ0v) is 23.0. The molecule has 2 amide bonds. The number of sulfonamides is 1. The summed E-state index contributed by atoms with van der Waals surface area (Å²) in [5.41, 5.74) is 2.68. The minimum atomic E-state index is -3.46. The van der Waals surface area contributed by atoms with E-state index in [9.17, 15) is 22.4 Å². The van der Waals surface area contributed by atoms with Crippen molar-refractivity contribution in [3.63, 3.8) is 0 Å². The molecule has 3 heterocycles. The minimum Gasteiger partial charge on any atom is -0.468 e. The second-order valence-corrected chi connectivity index (χ2v) is 11.9. The molecule has 1 unspecified atom stereocenters. The molecule has 2 aromatic carbocycles. The summed E-state index contributed by atoms with van der Waals surface area (Å²) in [6.07, 6.45) is 4.18. The summed E-state index contributed by atoms with van der Waals surface area (Å²) in [4.78, 5) is 29.8. The number of rotatable bonds is 7. The first-order chi connectivity index (χ1) is 19.2. The van der Waals surface area contributed by atoms with Crippen LogP contribution in [-0.4, -0.2) is 70.7 Å². The number of aryl methyl sites for hydroxylation is 1. The average molecular weight is 570 g/mol. The van der Waals surface area contributed by atoms with Crippen molar-refractivity contribution in [3.05, 3.63) is 78.0 Å². The Labute approximate surface area is 232 Å². The standard InChI is InChI=1S/C28H32FN5O5S/c1-40(37,38)34-12-2-4-20-6-9-22(18-24(20)34)31-28(36)27(35)30-19-25(26-5-3-17-39-26)33-15-13-32(14-16-33)23-10-7-21(29)8-11-23/h3,5-11,17-18,25H,2,4,12-16,19H2,1H3,(H,30,35)(H,31,36). The van der Waals surface area contributed by atoms with Crippen molar-refractivity contribution in [2.45, 2.75) is 18.9 Å². The molecule has 2 aliphatic rings. The van der Waals surface area contributed by atoms with Crippen molar-refractivity contribution in [2.75, 3.05) is 60.0 Å². The Kier molecular flexibility index (Phi) is 8.08. The number of fused-ring (bicyclic) bond motifs is 1. The molecular formula is C28H32FN5O5S. The van der Waals surface area contributed by atoms with Gasteiger partial charge < -0.3 is 20.0 Å². The summed E-state index contributed by atoms with van der Waals surface area (Å²) < 4.78 is 44.7. The highest BCUT2D eigenvalue weighted by Gasteiger charge is 2.29. The van der Waals surface area contributed by atoms with Crippen molar-refractivity contribution in [3.8, 4) is 0 Å². The van der Waals surface area contributed by atoms with Gasteiger partial charge in [-0.2, -0.15) is 0 Å². The Morgan fingerprint density at radius 2 is 1.75 bits per heavy atom. The number of hydrogen-bond donors (Lipinski definition) is 2. The van der Waals surface area contributed by atoms with E-state index in [4.69, 9.17) is 4.42 Å². The van der Waals surface area contributed by atoms with Gasteiger partial charge in [0.2, 0.25) is 10.0 Å². The second kappa shape index (κ2) is 11.7. The number of benzene rings is 2. The Hall–Kier alpha value is -3.90. The molecule has 0 aliphatic carbocycles. The maximum atomic E-state index is 13.3. The lowest BCUT2D eigenvalue weighted by molar-refractivity contribution is -0.136. The van der Waals surface area contributed by atoms with Crippen LogP contribution in [0.15, 0.2) is 65.3 Å². The maximum Gasteiger partial charge on any atom is 0.313 e. The van der Waals surface area contributed by atoms with E-state index in [1.54, 1.807) is 42.7 Å². The van der Waals surface area contributed by atoms with E-state index >= 15 is 0 Å². The van der Waals surface area contributed by atoms with E-state index in [0.29, 0.717) is 56.3 Å². The van der Waals surface area contributed by atoms with Crippen LogP contribution in [0.3, 0.4) is 0 Å². The lowest BCUT2D eigenvalue weighted by Crippen LogP contribution is -2.50. The summed E-state index contributed by atoms with van der Waals surface area (Å²) in [5, 5.41) is 5.31. The molecule has 1 atom stereocenters. The average Bonchev–Trinajstić information content (AvgIpc) is 3.48. The van der Waals surface area contributed by atoms with Gasteiger partial charge >= 0.3 is 11.8 Å². The van der Waals surface area contributed by atoms with E-state index in [-0.39, 0.29) is 18.4 Å². The molecular weight excluding hydrogens is 537 g/mol. The number of hydrogen-bond acceptors (Lipinski definition) is 7. The van der Waals surface area contributed by atoms with Crippen LogP contribution in [0.1, 0.15) is 23.8 Å². The minimum absolute atomic E-state index is 0.155. The van der Waals surface area contributed by atoms with Crippen LogP contribution in [-0.2, 0) is 26.0 Å². The Morgan fingerprint density at radius 3 is 2.42 bits per heavy atom. The van der Waals surface area contributed by atoms with Crippen LogP contribution in [0, 0.1) is 5.82 Å². The fraction of sp³-hybridized carbons (Fsp3) is 0.357. The van der Waals surface area contributed by atoms with Gasteiger partial charge in [-0.3, -0.25) is 18.8 Å². The molecule has 0 radical (unpaired) electrons. The molecule has 1 aromatic heterocycles. The second-order valence-electron chi connectivity index (χ2n) is 9.98. The van der Waals surface area contributed by atoms with E-state index in [1.807, 2.05) is 6.07 Å². The molecule has 1 fully saturated rings. The molecule has 10 nitrogen and oxygen atoms in total. The molecule has 5 rings (SSSR count). The Balaban J connectivity index is 1.21. The number of nitrogens with zero attached hydrogens (tertiary/aromatic N) is 3. The number of anilines is 3. The fourth-order valence-corrected chi connectivity index (χ4v) is 6.24. The lowest BCUT2D eigenvalue weighted by Gasteiger charge is -2.39. The van der Waals surface area contributed by atoms with Gasteiger partial charge in [-0.15, -0.1) is 0 Å². The molecule has 212 valence electrons. The van der Waals surface area contributed by atoms with Crippen LogP contribution >= 0.6 is 0 Å². The number of furan rings is 1. The van der Waals surface area contributed by atoms with Crippen molar-refractivity contribution in [1.29, 1.82) is 0 Å². The van der Waals surface area contributed by atoms with Gasteiger partial charge in [-0.25, -0.2) is 12.8 Å². The number of carbonyl (C=O) groups is 2. The first-order valence-electron chi connectivity index (χ1n) is 13.2. The summed E-state index contributed by atoms with van der Waals surface area (Å²) in [6.45, 7) is 3.30. The van der Waals surface area contributed by atoms with Crippen molar-refractivity contribution in [1.82, 2.24) is 10.2 Å². The maximum absolute atomic E-state index is 13.3. The summed E-state index contributed by atoms with van der Waals surface area (Å²) in [5.74, 6) is -1.26. The van der Waals surface area contributed by atoms with Gasteiger partial charge in [0.15, 0.2) is 0 Å². The largest absolute Gasteiger partial charge is 0.468 e. The Morgan fingerprint density at radius 1 is 1.00 bits per heavy atom. The van der Waals surface area contributed by atoms with Gasteiger partial charge in [0.25, 0.3) is 0 Å². The zero-order valence-electron chi connectivity index (χ0n) is 22.2. The molecule has 1 saturated heterocycles. The van der Waals surface area contributed by atoms with Crippen LogP contribution in [0.4, 0.5) is 21.5 Å². The van der Waals surface area contributed by atoms with Crippen molar-refractivity contribution < 1.29 is 26.8 Å². The zero-order chi connectivity index (χ0) is 28.3. The van der Waals surface area contributed by atoms with Gasteiger partial charge in [0.05, 0.1) is 24.2 Å². The quantitative estimate of drug-likeness (QED) is 0.421. The van der Waals surface area contributed by atoms with Gasteiger partial charge in [0.1, 0.15) is 11.6 Å². The smallest absolute Gasteiger partial charge is 0.313 e. The van der Waals surface area contributed by atoms with Crippen LogP contribution < -0.4 is 19.8 Å². The highest BCUT2D eigenvalue weighted by atomic mass is 32.2. The molecule has 2 aliphatic heterocycles. The number of amides is 2. The fourth-order valence-electron chi connectivity index (χ4n) is 5.25. The van der Waals surface area contributed by atoms with E-state index in [0.717, 1.165) is 23.9 Å². The Bertz CT molecular complexity index is 1450. The highest BCUT2D eigenvalue weighted by Crippen LogP contribution is 2.32. The molecule has 0 saturated carbocycles. The van der Waals surface area contributed by atoms with E-state index in [1.165, 1.54) is 16.4 Å². The predicted octanol–water partition coefficient (Wildman–Crippen LogP) is 2.75. The molecule has 12 heteroatoms. The highest BCUT2D eigenvalue weighted by molar-refractivity contribution is 7.92. The van der Waals surface area contributed by atoms with Gasteiger partial charge in [-0.05, 0) is 66.9 Å². The first-order valence-corrected chi connectivity index (χ1v) is 15.0. The third-order valence-electron chi connectivity index (χ3n) is 7.30. The number of halogens is 1. The van der Waals surface area contributed by atoms with Crippen molar-refractivity contribution in [2.24, 2.45) is 0 Å². The molecule has 0 bridgehead atoms. The molecule has 3 aromatic rings. The summed E-state index contributed by atoms with van der Waals surface area (Å²) in [7, 11) is -3.46. The number of nitrogens with one attached hydrogen (secondary N) is 2. The molecule has 2 N–H and O–H groups in total. The van der Waals surface area contributed by atoms with Crippen LogP contribution in [0.2, 0.25) is 0 Å². The monoisotopic (exact) mass is 569 g/mol. The third-order valence-corrected chi connectivity index (χ3v) is 8.48. The van der Waals surface area contributed by atoms with Crippen molar-refractivity contribution >= 4 is 38.9 Å². The predicted molar refractivity (Wildman–Crippen MR) is 150 cm³/mol. The van der Waals surface area contributed by atoms with E-state index < -0.39 is 21.8 Å². The number of piperazine rings is 1. The first kappa shape index (κ1) is 27.7. The van der Waals surface area contributed by atoms with Crippen LogP contribution in [0.5, 0.6) is 0 Å². The molecule has 0 spiro atoms. The topological polar surface area (TPSA) is 115 Å². The normalized spacial score (nSPS) is 16.8. The van der Waals surface area contributed by atoms with Gasteiger partial charge in [0, 0.05) is 50.6 Å². The summed E-state index contributed by atoms with van der Waals surface area (Å²) >= 11 is 0. The third kappa shape index (κ3) is 6.28. The number of carbonyl (C=O) groups excluding carboxylic acids is 2. The van der Waals surface area contributed by atoms with Gasteiger partial charge in [-0.1, -0.05) is 6.07 Å².